The third kappa shape index (κ3) is 5.12. The van der Waals surface area contributed by atoms with Crippen LogP contribution >= 0.6 is 11.3 Å². The Kier molecular flexibility index (Phi) is 6.20. The maximum atomic E-state index is 5.97. The minimum absolute atomic E-state index is 0.108. The first-order valence-electron chi connectivity index (χ1n) is 9.73. The third-order valence-electron chi connectivity index (χ3n) is 4.31. The van der Waals surface area contributed by atoms with Crippen molar-refractivity contribution in [3.63, 3.8) is 0 Å². The van der Waals surface area contributed by atoms with Crippen LogP contribution in [0.15, 0.2) is 77.7 Å². The summed E-state index contributed by atoms with van der Waals surface area (Å²) in [6.07, 6.45) is 7.41. The minimum Gasteiger partial charge on any atom is -0.491 e. The first-order chi connectivity index (χ1) is 14.7. The van der Waals surface area contributed by atoms with E-state index in [1.54, 1.807) is 18.7 Å². The molecule has 0 spiro atoms. The summed E-state index contributed by atoms with van der Waals surface area (Å²) in [6.45, 7) is 4.74. The quantitative estimate of drug-likeness (QED) is 0.313. The second-order valence-electron chi connectivity index (χ2n) is 7.04. The summed E-state index contributed by atoms with van der Waals surface area (Å²) in [7, 11) is 0. The molecule has 0 aliphatic carbocycles. The summed E-state index contributed by atoms with van der Waals surface area (Å²) in [6, 6.07) is 16.2. The maximum absolute atomic E-state index is 5.97. The largest absolute Gasteiger partial charge is 0.491 e. The Hall–Kier alpha value is -3.45. The van der Waals surface area contributed by atoms with E-state index in [1.807, 2.05) is 72.5 Å². The van der Waals surface area contributed by atoms with Gasteiger partial charge in [-0.15, -0.1) is 11.3 Å². The summed E-state index contributed by atoms with van der Waals surface area (Å²) in [5, 5.41) is 7.14. The average molecular weight is 418 g/mol. The molecule has 0 bridgehead atoms. The Morgan fingerprint density at radius 2 is 2.07 bits per heavy atom. The fraction of sp³-hybridized carbons (Fsp3) is 0.174. The smallest absolute Gasteiger partial charge is 0.203 e. The van der Waals surface area contributed by atoms with Gasteiger partial charge in [-0.1, -0.05) is 30.3 Å². The zero-order valence-electron chi connectivity index (χ0n) is 16.9. The van der Waals surface area contributed by atoms with Crippen LogP contribution < -0.4 is 10.2 Å². The molecule has 0 fully saturated rings. The van der Waals surface area contributed by atoms with Gasteiger partial charge >= 0.3 is 0 Å². The number of hydrogen-bond acceptors (Lipinski definition) is 6. The van der Waals surface area contributed by atoms with E-state index in [0.717, 1.165) is 33.3 Å². The molecule has 4 aromatic rings. The van der Waals surface area contributed by atoms with Gasteiger partial charge in [0.2, 0.25) is 5.13 Å². The first kappa shape index (κ1) is 19.8. The van der Waals surface area contributed by atoms with Gasteiger partial charge in [0.1, 0.15) is 5.75 Å². The number of imidazole rings is 1. The lowest BCUT2D eigenvalue weighted by atomic mass is 10.1. The molecule has 0 aliphatic heterocycles. The summed E-state index contributed by atoms with van der Waals surface area (Å²) >= 11 is 1.53. The highest BCUT2D eigenvalue weighted by Crippen LogP contribution is 2.25. The van der Waals surface area contributed by atoms with Crippen molar-refractivity contribution in [3.05, 3.63) is 83.8 Å². The highest BCUT2D eigenvalue weighted by Gasteiger charge is 2.08. The van der Waals surface area contributed by atoms with Crippen LogP contribution in [0.25, 0.3) is 11.3 Å². The van der Waals surface area contributed by atoms with Crippen LogP contribution in [0.3, 0.4) is 0 Å². The fourth-order valence-corrected chi connectivity index (χ4v) is 3.65. The van der Waals surface area contributed by atoms with E-state index < -0.39 is 0 Å². The number of aromatic nitrogens is 3. The van der Waals surface area contributed by atoms with Crippen molar-refractivity contribution >= 4 is 22.7 Å². The van der Waals surface area contributed by atoms with Crippen LogP contribution in [0, 0.1) is 0 Å². The van der Waals surface area contributed by atoms with Crippen molar-refractivity contribution < 1.29 is 4.74 Å². The van der Waals surface area contributed by atoms with E-state index in [9.17, 15) is 0 Å². The number of thiazole rings is 1. The molecule has 0 amide bonds. The van der Waals surface area contributed by atoms with Gasteiger partial charge in [0.25, 0.3) is 0 Å². The Labute approximate surface area is 179 Å². The summed E-state index contributed by atoms with van der Waals surface area (Å²) in [5.74, 6) is 0.872. The van der Waals surface area contributed by atoms with Gasteiger partial charge in [0.15, 0.2) is 0 Å². The Bertz CT molecular complexity index is 1100. The van der Waals surface area contributed by atoms with Crippen LogP contribution in [0.1, 0.15) is 25.0 Å². The van der Waals surface area contributed by atoms with Crippen LogP contribution in [0.5, 0.6) is 5.75 Å². The number of rotatable bonds is 8. The van der Waals surface area contributed by atoms with E-state index in [-0.39, 0.29) is 6.10 Å². The lowest BCUT2D eigenvalue weighted by Crippen LogP contribution is -2.09. The molecule has 152 valence electrons. The van der Waals surface area contributed by atoms with Gasteiger partial charge < -0.3 is 9.30 Å². The van der Waals surface area contributed by atoms with Crippen LogP contribution in [-0.2, 0) is 6.54 Å². The fourth-order valence-electron chi connectivity index (χ4n) is 2.98. The topological polar surface area (TPSA) is 64.3 Å². The standard InChI is InChI=1S/C23H23N5OS/c1-17(2)29-22-9-8-18(12-20(22)14-28-11-10-24-16-28)13-25-27-23-26-21(15-30-23)19-6-4-3-5-7-19/h3-13,15-17H,14H2,1-2H3,(H,26,27). The summed E-state index contributed by atoms with van der Waals surface area (Å²) in [4.78, 5) is 8.71. The minimum atomic E-state index is 0.108. The number of nitrogens with one attached hydrogen (secondary N) is 1. The molecule has 30 heavy (non-hydrogen) atoms. The maximum Gasteiger partial charge on any atom is 0.203 e. The molecule has 0 saturated heterocycles. The number of nitrogens with zero attached hydrogens (tertiary/aromatic N) is 4. The molecule has 0 unspecified atom stereocenters. The van der Waals surface area contributed by atoms with Gasteiger partial charge in [-0.25, -0.2) is 9.97 Å². The zero-order chi connectivity index (χ0) is 20.8. The monoisotopic (exact) mass is 417 g/mol. The number of anilines is 1. The number of hydrogen-bond donors (Lipinski definition) is 1. The molecule has 0 atom stereocenters. The predicted octanol–water partition coefficient (Wildman–Crippen LogP) is 5.29. The second kappa shape index (κ2) is 9.37. The molecule has 2 aromatic heterocycles. The second-order valence-corrected chi connectivity index (χ2v) is 7.90. The molecule has 0 radical (unpaired) electrons. The molecular formula is C23H23N5OS. The van der Waals surface area contributed by atoms with E-state index in [2.05, 4.69) is 26.6 Å². The SMILES string of the molecule is CC(C)Oc1ccc(C=NNc2nc(-c3ccccc3)cs2)cc1Cn1ccnc1. The van der Waals surface area contributed by atoms with Crippen molar-refractivity contribution in [2.24, 2.45) is 5.10 Å². The van der Waals surface area contributed by atoms with Crippen molar-refractivity contribution in [1.29, 1.82) is 0 Å². The van der Waals surface area contributed by atoms with E-state index in [4.69, 9.17) is 4.74 Å². The zero-order valence-corrected chi connectivity index (χ0v) is 17.7. The van der Waals surface area contributed by atoms with E-state index >= 15 is 0 Å². The lowest BCUT2D eigenvalue weighted by molar-refractivity contribution is 0.239. The number of ether oxygens (including phenoxy) is 1. The van der Waals surface area contributed by atoms with Gasteiger partial charge in [0.05, 0.1) is 30.9 Å². The van der Waals surface area contributed by atoms with E-state index in [1.165, 1.54) is 11.3 Å². The van der Waals surface area contributed by atoms with Gasteiger partial charge in [-0.3, -0.25) is 5.43 Å². The summed E-state index contributed by atoms with van der Waals surface area (Å²) in [5.41, 5.74) is 7.11. The van der Waals surface area contributed by atoms with E-state index in [0.29, 0.717) is 6.54 Å². The first-order valence-corrected chi connectivity index (χ1v) is 10.6. The molecule has 2 heterocycles. The highest BCUT2D eigenvalue weighted by atomic mass is 32.1. The summed E-state index contributed by atoms with van der Waals surface area (Å²) < 4.78 is 7.98. The number of benzene rings is 2. The Morgan fingerprint density at radius 1 is 1.20 bits per heavy atom. The molecule has 4 rings (SSSR count). The van der Waals surface area contributed by atoms with Crippen LogP contribution in [0.4, 0.5) is 5.13 Å². The highest BCUT2D eigenvalue weighted by molar-refractivity contribution is 7.14. The Balaban J connectivity index is 1.47. The average Bonchev–Trinajstić information content (AvgIpc) is 3.42. The molecule has 0 aliphatic rings. The molecule has 7 heteroatoms. The molecule has 1 N–H and O–H groups in total. The van der Waals surface area contributed by atoms with Crippen molar-refractivity contribution in [1.82, 2.24) is 14.5 Å². The molecule has 0 saturated carbocycles. The van der Waals surface area contributed by atoms with Crippen molar-refractivity contribution in [2.45, 2.75) is 26.5 Å². The lowest BCUT2D eigenvalue weighted by Gasteiger charge is -2.15. The van der Waals surface area contributed by atoms with Crippen molar-refractivity contribution in [2.75, 3.05) is 5.43 Å². The van der Waals surface area contributed by atoms with Crippen LogP contribution in [-0.4, -0.2) is 26.9 Å². The normalized spacial score (nSPS) is 11.3. The predicted molar refractivity (Wildman–Crippen MR) is 122 cm³/mol. The van der Waals surface area contributed by atoms with Gasteiger partial charge in [-0.2, -0.15) is 5.10 Å². The van der Waals surface area contributed by atoms with Gasteiger partial charge in [-0.05, 0) is 37.6 Å². The van der Waals surface area contributed by atoms with Gasteiger partial charge in [0, 0.05) is 28.9 Å². The van der Waals surface area contributed by atoms with Crippen LogP contribution in [0.2, 0.25) is 0 Å². The third-order valence-corrected chi connectivity index (χ3v) is 5.05. The number of hydrazone groups is 1. The van der Waals surface area contributed by atoms with Crippen molar-refractivity contribution in [3.8, 4) is 17.0 Å². The Morgan fingerprint density at radius 3 is 2.83 bits per heavy atom. The molecular weight excluding hydrogens is 394 g/mol. The molecule has 6 nitrogen and oxygen atoms in total. The molecule has 2 aromatic carbocycles.